The number of halogens is 2. The van der Waals surface area contributed by atoms with Gasteiger partial charge in [0.2, 0.25) is 0 Å². The molecule has 18 heavy (non-hydrogen) atoms. The lowest BCUT2D eigenvalue weighted by Gasteiger charge is -2.02. The minimum atomic E-state index is -2.82. The molecular weight excluding hydrogens is 244 g/mol. The van der Waals surface area contributed by atoms with Crippen molar-refractivity contribution in [2.75, 3.05) is 12.3 Å². The van der Waals surface area contributed by atoms with Crippen LogP contribution in [0.4, 0.5) is 14.6 Å². The summed E-state index contributed by atoms with van der Waals surface area (Å²) in [5, 5.41) is 8.85. The average molecular weight is 255 g/mol. The van der Waals surface area contributed by atoms with Crippen molar-refractivity contribution >= 4 is 17.0 Å². The first-order chi connectivity index (χ1) is 8.55. The van der Waals surface area contributed by atoms with Gasteiger partial charge in [-0.3, -0.25) is 0 Å². The molecule has 3 rings (SSSR count). The Morgan fingerprint density at radius 2 is 2.11 bits per heavy atom. The molecule has 0 unspecified atom stereocenters. The molecule has 2 atom stereocenters. The highest BCUT2D eigenvalue weighted by atomic mass is 19.3. The summed E-state index contributed by atoms with van der Waals surface area (Å²) in [6, 6.07) is 0. The number of nitrogens with zero attached hydrogens (tertiary/aromatic N) is 4. The summed E-state index contributed by atoms with van der Waals surface area (Å²) < 4.78 is 28.1. The smallest absolute Gasteiger partial charge is 0.258 e. The van der Waals surface area contributed by atoms with Crippen LogP contribution in [0.3, 0.4) is 0 Å². The third-order valence-electron chi connectivity index (χ3n) is 3.38. The van der Waals surface area contributed by atoms with E-state index in [1.807, 2.05) is 0 Å². The molecule has 8 heteroatoms. The Hall–Kier alpha value is -1.83. The zero-order valence-corrected chi connectivity index (χ0v) is 9.29. The Bertz CT molecular complexity index is 599. The molecule has 0 bridgehead atoms. The summed E-state index contributed by atoms with van der Waals surface area (Å²) in [7, 11) is 0. The van der Waals surface area contributed by atoms with Crippen LogP contribution >= 0.6 is 0 Å². The monoisotopic (exact) mass is 255 g/mol. The minimum Gasteiger partial charge on any atom is -0.396 e. The second-order valence-corrected chi connectivity index (χ2v) is 4.40. The van der Waals surface area contributed by atoms with Gasteiger partial charge in [0, 0.05) is 6.54 Å². The number of fused-ring (bicyclic) bond motifs is 1. The summed E-state index contributed by atoms with van der Waals surface area (Å²) in [5.41, 5.74) is 6.44. The van der Waals surface area contributed by atoms with Gasteiger partial charge in [-0.1, -0.05) is 0 Å². The van der Waals surface area contributed by atoms with Crippen LogP contribution in [-0.4, -0.2) is 37.2 Å². The molecule has 0 aliphatic heterocycles. The normalized spacial score (nSPS) is 25.5. The summed E-state index contributed by atoms with van der Waals surface area (Å²) in [6.07, 6.45) is 2.68. The van der Waals surface area contributed by atoms with Crippen molar-refractivity contribution in [3.05, 3.63) is 12.7 Å². The number of imidazole rings is 1. The SMILES string of the molecule is Nc1ncnc2c1ncn2C[C@@H]1[C@@H](CO)C1(F)F. The quantitative estimate of drug-likeness (QED) is 0.822. The first kappa shape index (κ1) is 11.3. The van der Waals surface area contributed by atoms with E-state index < -0.39 is 24.4 Å². The maximum atomic E-state index is 13.3. The number of aliphatic hydroxyl groups is 1. The van der Waals surface area contributed by atoms with Crippen molar-refractivity contribution in [3.8, 4) is 0 Å². The molecule has 1 saturated carbocycles. The highest BCUT2D eigenvalue weighted by Gasteiger charge is 2.67. The molecule has 2 aromatic heterocycles. The molecule has 6 nitrogen and oxygen atoms in total. The lowest BCUT2D eigenvalue weighted by Crippen LogP contribution is -2.05. The number of aliphatic hydroxyl groups excluding tert-OH is 1. The molecule has 0 radical (unpaired) electrons. The molecule has 96 valence electrons. The predicted molar refractivity (Wildman–Crippen MR) is 58.7 cm³/mol. The second kappa shape index (κ2) is 3.58. The first-order valence-corrected chi connectivity index (χ1v) is 5.45. The number of nitrogen functional groups attached to an aromatic ring is 1. The molecule has 0 spiro atoms. The van der Waals surface area contributed by atoms with Gasteiger partial charge in [-0.05, 0) is 0 Å². The van der Waals surface area contributed by atoms with E-state index in [-0.39, 0.29) is 12.4 Å². The number of hydrogen-bond acceptors (Lipinski definition) is 5. The summed E-state index contributed by atoms with van der Waals surface area (Å²) >= 11 is 0. The van der Waals surface area contributed by atoms with E-state index in [1.165, 1.54) is 17.2 Å². The Kier molecular flexibility index (Phi) is 2.24. The number of alkyl halides is 2. The van der Waals surface area contributed by atoms with Crippen LogP contribution in [0.25, 0.3) is 11.2 Å². The van der Waals surface area contributed by atoms with Crippen LogP contribution in [0.1, 0.15) is 0 Å². The van der Waals surface area contributed by atoms with Gasteiger partial charge in [0.15, 0.2) is 11.5 Å². The molecule has 0 amide bonds. The van der Waals surface area contributed by atoms with E-state index in [4.69, 9.17) is 10.8 Å². The van der Waals surface area contributed by atoms with Crippen molar-refractivity contribution in [2.24, 2.45) is 11.8 Å². The molecule has 0 aromatic carbocycles. The van der Waals surface area contributed by atoms with Crippen molar-refractivity contribution in [2.45, 2.75) is 12.5 Å². The van der Waals surface area contributed by atoms with E-state index in [1.54, 1.807) is 0 Å². The number of hydrogen-bond donors (Lipinski definition) is 2. The van der Waals surface area contributed by atoms with Crippen LogP contribution in [0, 0.1) is 11.8 Å². The van der Waals surface area contributed by atoms with Gasteiger partial charge < -0.3 is 15.4 Å². The maximum absolute atomic E-state index is 13.3. The van der Waals surface area contributed by atoms with Crippen LogP contribution in [-0.2, 0) is 6.54 Å². The van der Waals surface area contributed by atoms with E-state index in [0.29, 0.717) is 11.2 Å². The molecule has 1 aliphatic rings. The molecule has 2 aromatic rings. The van der Waals surface area contributed by atoms with Crippen LogP contribution in [0.2, 0.25) is 0 Å². The van der Waals surface area contributed by atoms with Gasteiger partial charge in [0.05, 0.1) is 24.8 Å². The molecule has 1 fully saturated rings. The standard InChI is InChI=1S/C10H11F2N5O/c11-10(12)5(6(10)2-18)1-17-4-16-7-8(13)14-3-15-9(7)17/h3-6,18H,1-2H2,(H2,13,14,15)/t5-,6-/m1/s1. The largest absolute Gasteiger partial charge is 0.396 e. The third kappa shape index (κ3) is 1.45. The molecule has 3 N–H and O–H groups in total. The Morgan fingerprint density at radius 3 is 2.78 bits per heavy atom. The maximum Gasteiger partial charge on any atom is 0.258 e. The van der Waals surface area contributed by atoms with Crippen LogP contribution in [0.5, 0.6) is 0 Å². The fourth-order valence-electron chi connectivity index (χ4n) is 2.20. The Labute approximate surface area is 100 Å². The van der Waals surface area contributed by atoms with Crippen molar-refractivity contribution in [1.82, 2.24) is 19.5 Å². The van der Waals surface area contributed by atoms with Gasteiger partial charge in [-0.25, -0.2) is 23.7 Å². The number of aromatic nitrogens is 4. The molecular formula is C10H11F2N5O. The van der Waals surface area contributed by atoms with E-state index in [2.05, 4.69) is 15.0 Å². The number of nitrogens with two attached hydrogens (primary N) is 1. The fourth-order valence-corrected chi connectivity index (χ4v) is 2.20. The molecule has 0 saturated heterocycles. The topological polar surface area (TPSA) is 89.9 Å². The van der Waals surface area contributed by atoms with Gasteiger partial charge in [-0.15, -0.1) is 0 Å². The summed E-state index contributed by atoms with van der Waals surface area (Å²) in [4.78, 5) is 11.8. The van der Waals surface area contributed by atoms with E-state index in [9.17, 15) is 8.78 Å². The highest BCUT2D eigenvalue weighted by molar-refractivity contribution is 5.81. The summed E-state index contributed by atoms with van der Waals surface area (Å²) in [5.74, 6) is -4.45. The second-order valence-electron chi connectivity index (χ2n) is 4.40. The van der Waals surface area contributed by atoms with Crippen molar-refractivity contribution in [3.63, 3.8) is 0 Å². The fraction of sp³-hybridized carbons (Fsp3) is 0.500. The first-order valence-electron chi connectivity index (χ1n) is 5.45. The van der Waals surface area contributed by atoms with E-state index in [0.717, 1.165) is 0 Å². The lowest BCUT2D eigenvalue weighted by molar-refractivity contribution is 0.0704. The van der Waals surface area contributed by atoms with Crippen LogP contribution < -0.4 is 5.73 Å². The zero-order valence-electron chi connectivity index (χ0n) is 9.29. The molecule has 2 heterocycles. The lowest BCUT2D eigenvalue weighted by atomic mass is 10.3. The van der Waals surface area contributed by atoms with Gasteiger partial charge in [0.25, 0.3) is 5.92 Å². The van der Waals surface area contributed by atoms with Crippen molar-refractivity contribution < 1.29 is 13.9 Å². The van der Waals surface area contributed by atoms with E-state index >= 15 is 0 Å². The average Bonchev–Trinajstić information content (AvgIpc) is 2.69. The third-order valence-corrected chi connectivity index (χ3v) is 3.38. The van der Waals surface area contributed by atoms with Gasteiger partial charge in [0.1, 0.15) is 11.8 Å². The minimum absolute atomic E-state index is 0.0607. The zero-order chi connectivity index (χ0) is 12.9. The molecule has 1 aliphatic carbocycles. The Morgan fingerprint density at radius 1 is 1.33 bits per heavy atom. The highest BCUT2D eigenvalue weighted by Crippen LogP contribution is 2.55. The Balaban J connectivity index is 1.91. The van der Waals surface area contributed by atoms with Gasteiger partial charge >= 0.3 is 0 Å². The van der Waals surface area contributed by atoms with Gasteiger partial charge in [-0.2, -0.15) is 0 Å². The van der Waals surface area contributed by atoms with Crippen LogP contribution in [0.15, 0.2) is 12.7 Å². The predicted octanol–water partition coefficient (Wildman–Crippen LogP) is 0.282. The number of anilines is 1. The number of rotatable bonds is 3. The summed E-state index contributed by atoms with van der Waals surface area (Å²) in [6.45, 7) is -0.452. The van der Waals surface area contributed by atoms with Crippen molar-refractivity contribution in [1.29, 1.82) is 0 Å².